The molecule has 0 bridgehead atoms. The van der Waals surface area contributed by atoms with Crippen LogP contribution in [0.1, 0.15) is 40.0 Å². The summed E-state index contributed by atoms with van der Waals surface area (Å²) in [6, 6.07) is 1.89. The Morgan fingerprint density at radius 1 is 1.25 bits per heavy atom. The predicted octanol–water partition coefficient (Wildman–Crippen LogP) is 4.50. The molecule has 1 aliphatic heterocycles. The number of hydrogen-bond acceptors (Lipinski definition) is 4. The summed E-state index contributed by atoms with van der Waals surface area (Å²) in [5, 5.41) is 1.29. The van der Waals surface area contributed by atoms with Crippen molar-refractivity contribution in [1.29, 1.82) is 0 Å². The predicted molar refractivity (Wildman–Crippen MR) is 87.8 cm³/mol. The zero-order valence-electron chi connectivity index (χ0n) is 12.8. The van der Waals surface area contributed by atoms with Gasteiger partial charge in [-0.15, -0.1) is 0 Å². The van der Waals surface area contributed by atoms with Crippen LogP contribution in [0.2, 0.25) is 5.15 Å². The third-order valence-electron chi connectivity index (χ3n) is 4.12. The topological polar surface area (TPSA) is 29.0 Å². The smallest absolute Gasteiger partial charge is 0.190 e. The minimum Gasteiger partial charge on any atom is -0.356 e. The van der Waals surface area contributed by atoms with Crippen LogP contribution in [0.4, 0.5) is 5.82 Å². The molecule has 1 aromatic heterocycles. The van der Waals surface area contributed by atoms with E-state index in [1.165, 1.54) is 31.0 Å². The number of aromatic nitrogens is 2. The van der Waals surface area contributed by atoms with E-state index in [2.05, 4.69) is 35.6 Å². The molecule has 112 valence electrons. The Morgan fingerprint density at radius 3 is 2.65 bits per heavy atom. The van der Waals surface area contributed by atoms with E-state index < -0.39 is 0 Å². The number of hydrogen-bond donors (Lipinski definition) is 0. The lowest BCUT2D eigenvalue weighted by Crippen LogP contribution is -2.27. The van der Waals surface area contributed by atoms with Crippen molar-refractivity contribution in [2.75, 3.05) is 24.2 Å². The molecule has 0 saturated carbocycles. The van der Waals surface area contributed by atoms with Gasteiger partial charge in [0.2, 0.25) is 0 Å². The van der Waals surface area contributed by atoms with Crippen LogP contribution in [0.15, 0.2) is 11.2 Å². The van der Waals surface area contributed by atoms with Gasteiger partial charge in [0.1, 0.15) is 11.0 Å². The third kappa shape index (κ3) is 4.01. The first-order valence-electron chi connectivity index (χ1n) is 7.23. The Balaban J connectivity index is 2.12. The lowest BCUT2D eigenvalue weighted by molar-refractivity contribution is 0.220. The summed E-state index contributed by atoms with van der Waals surface area (Å²) in [4.78, 5) is 11.2. The lowest BCUT2D eigenvalue weighted by Gasteiger charge is -2.30. The van der Waals surface area contributed by atoms with Crippen molar-refractivity contribution in [2.24, 2.45) is 11.3 Å². The van der Waals surface area contributed by atoms with E-state index in [0.717, 1.165) is 30.0 Å². The average molecular weight is 314 g/mol. The maximum Gasteiger partial charge on any atom is 0.190 e. The SMILES string of the molecule is CSc1nc(Cl)cc(N2CCCC(C(C)(C)C)CC2)n1. The van der Waals surface area contributed by atoms with Crippen molar-refractivity contribution < 1.29 is 0 Å². The molecule has 1 atom stereocenters. The molecule has 0 aliphatic carbocycles. The fourth-order valence-electron chi connectivity index (χ4n) is 2.83. The van der Waals surface area contributed by atoms with Crippen LogP contribution in [0.3, 0.4) is 0 Å². The summed E-state index contributed by atoms with van der Waals surface area (Å²) < 4.78 is 0. The molecule has 0 N–H and O–H groups in total. The van der Waals surface area contributed by atoms with Gasteiger partial charge in [-0.2, -0.15) is 0 Å². The second-order valence-electron chi connectivity index (χ2n) is 6.52. The number of halogens is 1. The Bertz CT molecular complexity index is 459. The fourth-order valence-corrected chi connectivity index (χ4v) is 3.43. The number of anilines is 1. The molecular formula is C15H24ClN3S. The second kappa shape index (κ2) is 6.52. The van der Waals surface area contributed by atoms with Crippen molar-refractivity contribution in [2.45, 2.75) is 45.2 Å². The quantitative estimate of drug-likeness (QED) is 0.456. The van der Waals surface area contributed by atoms with E-state index in [4.69, 9.17) is 11.6 Å². The number of thioether (sulfide) groups is 1. The minimum atomic E-state index is 0.393. The number of nitrogens with zero attached hydrogens (tertiary/aromatic N) is 3. The van der Waals surface area contributed by atoms with Crippen molar-refractivity contribution >= 4 is 29.2 Å². The monoisotopic (exact) mass is 313 g/mol. The van der Waals surface area contributed by atoms with Crippen molar-refractivity contribution in [1.82, 2.24) is 9.97 Å². The highest BCUT2D eigenvalue weighted by molar-refractivity contribution is 7.98. The van der Waals surface area contributed by atoms with Gasteiger partial charge in [-0.05, 0) is 36.9 Å². The van der Waals surface area contributed by atoms with Crippen LogP contribution in [-0.4, -0.2) is 29.3 Å². The molecule has 0 radical (unpaired) electrons. The highest BCUT2D eigenvalue weighted by Gasteiger charge is 2.27. The summed E-state index contributed by atoms with van der Waals surface area (Å²) in [7, 11) is 0. The summed E-state index contributed by atoms with van der Waals surface area (Å²) in [5.41, 5.74) is 0.393. The summed E-state index contributed by atoms with van der Waals surface area (Å²) in [6.07, 6.45) is 5.72. The Kier molecular flexibility index (Phi) is 5.19. The first-order valence-corrected chi connectivity index (χ1v) is 8.84. The van der Waals surface area contributed by atoms with E-state index in [9.17, 15) is 0 Å². The third-order valence-corrected chi connectivity index (χ3v) is 4.86. The Morgan fingerprint density at radius 2 is 2.00 bits per heavy atom. The fraction of sp³-hybridized carbons (Fsp3) is 0.733. The molecule has 2 rings (SSSR count). The molecular weight excluding hydrogens is 290 g/mol. The largest absolute Gasteiger partial charge is 0.356 e. The van der Waals surface area contributed by atoms with E-state index in [0.29, 0.717) is 10.6 Å². The normalized spacial score (nSPS) is 20.9. The van der Waals surface area contributed by atoms with Crippen LogP contribution >= 0.6 is 23.4 Å². The molecule has 0 spiro atoms. The zero-order chi connectivity index (χ0) is 14.8. The average Bonchev–Trinajstić information content (AvgIpc) is 2.63. The zero-order valence-corrected chi connectivity index (χ0v) is 14.4. The van der Waals surface area contributed by atoms with Gasteiger partial charge in [0.05, 0.1) is 0 Å². The van der Waals surface area contributed by atoms with Crippen LogP contribution in [0, 0.1) is 11.3 Å². The van der Waals surface area contributed by atoms with Crippen molar-refractivity contribution in [3.8, 4) is 0 Å². The van der Waals surface area contributed by atoms with Gasteiger partial charge in [0, 0.05) is 19.2 Å². The van der Waals surface area contributed by atoms with Crippen molar-refractivity contribution in [3.63, 3.8) is 0 Å². The van der Waals surface area contributed by atoms with E-state index in [1.54, 1.807) is 0 Å². The molecule has 1 aromatic rings. The molecule has 1 aliphatic rings. The first kappa shape index (κ1) is 15.9. The van der Waals surface area contributed by atoms with E-state index in [-0.39, 0.29) is 0 Å². The van der Waals surface area contributed by atoms with E-state index >= 15 is 0 Å². The molecule has 3 nitrogen and oxygen atoms in total. The first-order chi connectivity index (χ1) is 9.40. The number of rotatable bonds is 2. The van der Waals surface area contributed by atoms with Crippen molar-refractivity contribution in [3.05, 3.63) is 11.2 Å². The van der Waals surface area contributed by atoms with Gasteiger partial charge in [-0.3, -0.25) is 0 Å². The van der Waals surface area contributed by atoms with Crippen LogP contribution in [0.25, 0.3) is 0 Å². The molecule has 20 heavy (non-hydrogen) atoms. The van der Waals surface area contributed by atoms with Gasteiger partial charge >= 0.3 is 0 Å². The maximum atomic E-state index is 6.10. The summed E-state index contributed by atoms with van der Waals surface area (Å²) >= 11 is 7.64. The van der Waals surface area contributed by atoms with Gasteiger partial charge in [0.15, 0.2) is 5.16 Å². The van der Waals surface area contributed by atoms with Crippen LogP contribution in [0.5, 0.6) is 0 Å². The Labute approximate surface area is 131 Å². The standard InChI is InChI=1S/C15H24ClN3S/c1-15(2,3)11-6-5-8-19(9-7-11)13-10-12(16)17-14(18-13)20-4/h10-11H,5-9H2,1-4H3. The summed E-state index contributed by atoms with van der Waals surface area (Å²) in [6.45, 7) is 9.17. The molecule has 1 saturated heterocycles. The molecule has 5 heteroatoms. The molecule has 0 aromatic carbocycles. The molecule has 0 amide bonds. The molecule has 1 unspecified atom stereocenters. The highest BCUT2D eigenvalue weighted by atomic mass is 35.5. The maximum absolute atomic E-state index is 6.10. The Hall–Kier alpha value is -0.480. The minimum absolute atomic E-state index is 0.393. The second-order valence-corrected chi connectivity index (χ2v) is 7.68. The summed E-state index contributed by atoms with van der Waals surface area (Å²) in [5.74, 6) is 1.76. The highest BCUT2D eigenvalue weighted by Crippen LogP contribution is 2.35. The van der Waals surface area contributed by atoms with Gasteiger partial charge < -0.3 is 4.90 Å². The lowest BCUT2D eigenvalue weighted by atomic mass is 9.77. The van der Waals surface area contributed by atoms with Gasteiger partial charge in [0.25, 0.3) is 0 Å². The van der Waals surface area contributed by atoms with Crippen LogP contribution in [-0.2, 0) is 0 Å². The van der Waals surface area contributed by atoms with Crippen LogP contribution < -0.4 is 4.90 Å². The molecule has 2 heterocycles. The molecule has 1 fully saturated rings. The van der Waals surface area contributed by atoms with Gasteiger partial charge in [-0.1, -0.05) is 44.1 Å². The van der Waals surface area contributed by atoms with Gasteiger partial charge in [-0.25, -0.2) is 9.97 Å². The van der Waals surface area contributed by atoms with E-state index in [1.807, 2.05) is 12.3 Å².